The molecule has 0 aromatic heterocycles. The minimum Gasteiger partial charge on any atom is -0.367 e. The highest BCUT2D eigenvalue weighted by atomic mass is 35.5. The molecule has 10 heteroatoms. The van der Waals surface area contributed by atoms with E-state index in [1.54, 1.807) is 4.90 Å². The fourth-order valence-electron chi connectivity index (χ4n) is 4.07. The average molecular weight is 487 g/mol. The van der Waals surface area contributed by atoms with E-state index < -0.39 is 11.4 Å². The quantitative estimate of drug-likeness (QED) is 0.627. The number of carbonyl (C=O) groups is 2. The molecule has 1 aliphatic carbocycles. The molecule has 2 fully saturated rings. The lowest BCUT2D eigenvalue weighted by molar-refractivity contribution is -0.125. The second kappa shape index (κ2) is 9.06. The summed E-state index contributed by atoms with van der Waals surface area (Å²) >= 11 is 11.7. The average Bonchev–Trinajstić information content (AvgIpc) is 3.03. The van der Waals surface area contributed by atoms with Crippen LogP contribution in [0.25, 0.3) is 0 Å². The largest absolute Gasteiger partial charge is 0.367 e. The highest BCUT2D eigenvalue weighted by molar-refractivity contribution is 7.81. The van der Waals surface area contributed by atoms with Crippen LogP contribution in [0.1, 0.15) is 30.4 Å². The summed E-state index contributed by atoms with van der Waals surface area (Å²) in [5, 5.41) is 11.4. The Balaban J connectivity index is 1.63. The van der Waals surface area contributed by atoms with Gasteiger partial charge in [-0.1, -0.05) is 23.7 Å². The summed E-state index contributed by atoms with van der Waals surface area (Å²) in [4.78, 5) is 27.7. The summed E-state index contributed by atoms with van der Waals surface area (Å²) in [7, 11) is 1.54. The molecule has 4 rings (SSSR count). The standard InChI is InChI=1S/C23H20ClFN4O3S/c1-27-18(30)13-32-12-14-3-6-16(7-4-14)29-22(33)28(21(31)23(29)9-2-10-23)17-8-5-15(11-26)19(24)20(17)25/h3-8H,2,9-10,12-13H2,1H3,(H,27,30). The lowest BCUT2D eigenvalue weighted by atomic mass is 9.75. The van der Waals surface area contributed by atoms with E-state index in [0.717, 1.165) is 12.0 Å². The van der Waals surface area contributed by atoms with Crippen LogP contribution < -0.4 is 15.1 Å². The molecule has 1 heterocycles. The Labute approximate surface area is 200 Å². The maximum absolute atomic E-state index is 15.0. The molecule has 1 aliphatic heterocycles. The fraction of sp³-hybridized carbons (Fsp3) is 0.304. The fourth-order valence-corrected chi connectivity index (χ4v) is 4.73. The van der Waals surface area contributed by atoms with Crippen LogP contribution in [0, 0.1) is 17.1 Å². The molecule has 2 aliphatic rings. The van der Waals surface area contributed by atoms with Gasteiger partial charge >= 0.3 is 0 Å². The second-order valence-electron chi connectivity index (χ2n) is 7.85. The third kappa shape index (κ3) is 3.84. The Hall–Kier alpha value is -3.06. The number of nitriles is 1. The zero-order chi connectivity index (χ0) is 23.8. The van der Waals surface area contributed by atoms with E-state index in [2.05, 4.69) is 5.32 Å². The van der Waals surface area contributed by atoms with Crippen molar-refractivity contribution in [2.24, 2.45) is 0 Å². The number of ether oxygens (including phenoxy) is 1. The van der Waals surface area contributed by atoms with Crippen molar-refractivity contribution in [2.75, 3.05) is 23.5 Å². The monoisotopic (exact) mass is 486 g/mol. The Morgan fingerprint density at radius 2 is 2.00 bits per heavy atom. The normalized spacial score (nSPS) is 16.7. The van der Waals surface area contributed by atoms with Crippen LogP contribution in [0.4, 0.5) is 15.8 Å². The SMILES string of the molecule is CNC(=O)COCc1ccc(N2C(=S)N(c3ccc(C#N)c(Cl)c3F)C(=O)C23CCC3)cc1. The second-order valence-corrected chi connectivity index (χ2v) is 8.59. The molecule has 2 aromatic rings. The summed E-state index contributed by atoms with van der Waals surface area (Å²) in [5.41, 5.74) is 0.595. The summed E-state index contributed by atoms with van der Waals surface area (Å²) in [6.07, 6.45) is 2.02. The van der Waals surface area contributed by atoms with Gasteiger partial charge in [-0.2, -0.15) is 5.26 Å². The number of carbonyl (C=O) groups excluding carboxylic acids is 2. The molecule has 0 atom stereocenters. The molecule has 7 nitrogen and oxygen atoms in total. The van der Waals surface area contributed by atoms with E-state index in [9.17, 15) is 9.59 Å². The third-order valence-corrected chi connectivity index (χ3v) is 6.73. The molecule has 33 heavy (non-hydrogen) atoms. The topological polar surface area (TPSA) is 85.7 Å². The van der Waals surface area contributed by atoms with Gasteiger partial charge in [-0.15, -0.1) is 0 Å². The Morgan fingerprint density at radius 1 is 1.30 bits per heavy atom. The van der Waals surface area contributed by atoms with E-state index in [1.165, 1.54) is 24.1 Å². The number of benzene rings is 2. The lowest BCUT2D eigenvalue weighted by Gasteiger charge is -2.43. The van der Waals surface area contributed by atoms with Gasteiger partial charge in [-0.25, -0.2) is 4.39 Å². The van der Waals surface area contributed by atoms with Crippen molar-refractivity contribution in [3.63, 3.8) is 0 Å². The van der Waals surface area contributed by atoms with Crippen molar-refractivity contribution in [3.05, 3.63) is 58.4 Å². The molecule has 2 amide bonds. The molecule has 170 valence electrons. The van der Waals surface area contributed by atoms with Crippen molar-refractivity contribution in [1.29, 1.82) is 5.26 Å². The van der Waals surface area contributed by atoms with E-state index in [1.807, 2.05) is 30.3 Å². The predicted octanol–water partition coefficient (Wildman–Crippen LogP) is 3.67. The molecule has 1 spiro atoms. The van der Waals surface area contributed by atoms with Gasteiger partial charge in [0.1, 0.15) is 18.2 Å². The van der Waals surface area contributed by atoms with Gasteiger partial charge in [0.15, 0.2) is 10.9 Å². The van der Waals surface area contributed by atoms with Crippen LogP contribution in [-0.2, 0) is 20.9 Å². The number of hydrogen-bond acceptors (Lipinski definition) is 5. The van der Waals surface area contributed by atoms with E-state index in [0.29, 0.717) is 18.5 Å². The molecule has 0 unspecified atom stereocenters. The van der Waals surface area contributed by atoms with Crippen molar-refractivity contribution >= 4 is 52.1 Å². The highest BCUT2D eigenvalue weighted by Crippen LogP contribution is 2.48. The van der Waals surface area contributed by atoms with Gasteiger partial charge in [0, 0.05) is 12.7 Å². The number of amides is 2. The van der Waals surface area contributed by atoms with Gasteiger partial charge < -0.3 is 15.0 Å². The minimum atomic E-state index is -0.874. The number of hydrogen-bond donors (Lipinski definition) is 1. The molecule has 2 aromatic carbocycles. The lowest BCUT2D eigenvalue weighted by Crippen LogP contribution is -2.55. The summed E-state index contributed by atoms with van der Waals surface area (Å²) in [6.45, 7) is 0.211. The molecule has 1 saturated heterocycles. The Morgan fingerprint density at radius 3 is 2.58 bits per heavy atom. The number of thiocarbonyl (C=S) groups is 1. The summed E-state index contributed by atoms with van der Waals surface area (Å²) < 4.78 is 20.4. The number of likely N-dealkylation sites (N-methyl/N-ethyl adjacent to an activating group) is 1. The third-order valence-electron chi connectivity index (χ3n) is 5.99. The van der Waals surface area contributed by atoms with Gasteiger partial charge in [0.2, 0.25) is 5.91 Å². The predicted molar refractivity (Wildman–Crippen MR) is 125 cm³/mol. The number of nitrogens with zero attached hydrogens (tertiary/aromatic N) is 3. The van der Waals surface area contributed by atoms with Gasteiger partial charge in [-0.3, -0.25) is 14.5 Å². The van der Waals surface area contributed by atoms with Crippen LogP contribution >= 0.6 is 23.8 Å². The van der Waals surface area contributed by atoms with Crippen LogP contribution in [-0.4, -0.2) is 36.1 Å². The number of halogens is 2. The smallest absolute Gasteiger partial charge is 0.259 e. The van der Waals surface area contributed by atoms with Crippen molar-refractivity contribution in [3.8, 4) is 6.07 Å². The number of rotatable bonds is 6. The van der Waals surface area contributed by atoms with Crippen molar-refractivity contribution in [1.82, 2.24) is 5.32 Å². The first-order valence-electron chi connectivity index (χ1n) is 10.3. The van der Waals surface area contributed by atoms with Crippen LogP contribution in [0.15, 0.2) is 36.4 Å². The maximum Gasteiger partial charge on any atom is 0.259 e. The van der Waals surface area contributed by atoms with Crippen molar-refractivity contribution in [2.45, 2.75) is 31.4 Å². The van der Waals surface area contributed by atoms with E-state index >= 15 is 4.39 Å². The Bertz CT molecular complexity index is 1180. The molecular weight excluding hydrogens is 467 g/mol. The zero-order valence-electron chi connectivity index (χ0n) is 17.7. The highest BCUT2D eigenvalue weighted by Gasteiger charge is 2.60. The van der Waals surface area contributed by atoms with Gasteiger partial charge in [-0.05, 0) is 61.3 Å². The molecule has 1 N–H and O–H groups in total. The molecule has 1 saturated carbocycles. The molecule has 0 radical (unpaired) electrons. The van der Waals surface area contributed by atoms with Crippen LogP contribution in [0.5, 0.6) is 0 Å². The van der Waals surface area contributed by atoms with Gasteiger partial charge in [0.05, 0.1) is 22.9 Å². The zero-order valence-corrected chi connectivity index (χ0v) is 19.3. The first-order valence-corrected chi connectivity index (χ1v) is 11.1. The van der Waals surface area contributed by atoms with E-state index in [4.69, 9.17) is 33.8 Å². The first-order chi connectivity index (χ1) is 15.8. The Kier molecular flexibility index (Phi) is 6.34. The summed E-state index contributed by atoms with van der Waals surface area (Å²) in [5.74, 6) is -1.38. The number of nitrogens with one attached hydrogen (secondary N) is 1. The minimum absolute atomic E-state index is 0.0140. The molecule has 0 bridgehead atoms. The van der Waals surface area contributed by atoms with Crippen molar-refractivity contribution < 1.29 is 18.7 Å². The molecular formula is C23H20ClFN4O3S. The maximum atomic E-state index is 15.0. The number of anilines is 2. The van der Waals surface area contributed by atoms with Crippen LogP contribution in [0.3, 0.4) is 0 Å². The first kappa shape index (κ1) is 23.1. The van der Waals surface area contributed by atoms with E-state index in [-0.39, 0.29) is 46.4 Å². The summed E-state index contributed by atoms with van der Waals surface area (Å²) in [6, 6.07) is 11.9. The van der Waals surface area contributed by atoms with Gasteiger partial charge in [0.25, 0.3) is 5.91 Å². The van der Waals surface area contributed by atoms with Crippen LogP contribution in [0.2, 0.25) is 5.02 Å².